The third-order valence-corrected chi connectivity index (χ3v) is 13.2. The molecule has 0 saturated heterocycles. The summed E-state index contributed by atoms with van der Waals surface area (Å²) >= 11 is 0. The predicted octanol–water partition coefficient (Wildman–Crippen LogP) is 17.5. The zero-order chi connectivity index (χ0) is 42.8. The van der Waals surface area contributed by atoms with E-state index in [1.54, 1.807) is 0 Å². The monoisotopic (exact) mass is 828 g/mol. The quantitative estimate of drug-likeness (QED) is 0.149. The molecule has 0 N–H and O–H groups in total. The van der Waals surface area contributed by atoms with Crippen molar-refractivity contribution in [3.63, 3.8) is 0 Å². The van der Waals surface area contributed by atoms with Crippen molar-refractivity contribution >= 4 is 82.4 Å². The third-order valence-electron chi connectivity index (χ3n) is 13.2. The Bertz CT molecular complexity index is 3900. The molecule has 3 heteroatoms. The van der Waals surface area contributed by atoms with E-state index in [9.17, 15) is 0 Å². The Kier molecular flexibility index (Phi) is 8.53. The van der Waals surface area contributed by atoms with Gasteiger partial charge in [-0.15, -0.1) is 0 Å². The van der Waals surface area contributed by atoms with Crippen LogP contribution in [0.4, 0.5) is 17.1 Å². The molecule has 0 atom stereocenters. The summed E-state index contributed by atoms with van der Waals surface area (Å²) in [7, 11) is 0. The second kappa shape index (κ2) is 15.0. The SMILES string of the molecule is c1ccc(N(c2ccc(-c3ccc(-c4ccccc4-n4c5ccccc5c5ccccc54)cc3)cc2)c2ccc3c(ccc4ccccc43)c2)c(-c2cccc3c2oc2ccccc23)c1. The van der Waals surface area contributed by atoms with Crippen LogP contribution in [0.1, 0.15) is 0 Å². The summed E-state index contributed by atoms with van der Waals surface area (Å²) in [6.07, 6.45) is 0. The van der Waals surface area contributed by atoms with Gasteiger partial charge in [0.2, 0.25) is 0 Å². The lowest BCUT2D eigenvalue weighted by Gasteiger charge is -2.28. The Labute approximate surface area is 376 Å². The molecule has 0 saturated carbocycles. The molecular weight excluding hydrogens is 789 g/mol. The number of rotatable bonds is 7. The zero-order valence-electron chi connectivity index (χ0n) is 35.4. The molecule has 2 aromatic heterocycles. The van der Waals surface area contributed by atoms with E-state index < -0.39 is 0 Å². The van der Waals surface area contributed by atoms with E-state index in [2.05, 4.69) is 246 Å². The van der Waals surface area contributed by atoms with E-state index in [4.69, 9.17) is 4.42 Å². The van der Waals surface area contributed by atoms with Crippen molar-refractivity contribution in [1.29, 1.82) is 0 Å². The minimum Gasteiger partial charge on any atom is -0.455 e. The molecule has 0 aliphatic heterocycles. The highest BCUT2D eigenvalue weighted by atomic mass is 16.3. The molecule has 0 fully saturated rings. The van der Waals surface area contributed by atoms with E-state index in [1.165, 1.54) is 60.2 Å². The van der Waals surface area contributed by atoms with Crippen molar-refractivity contribution in [3.8, 4) is 39.1 Å². The van der Waals surface area contributed by atoms with E-state index in [0.717, 1.165) is 61.3 Å². The number of para-hydroxylation sites is 6. The van der Waals surface area contributed by atoms with Crippen LogP contribution in [0.15, 0.2) is 247 Å². The summed E-state index contributed by atoms with van der Waals surface area (Å²) in [5, 5.41) is 9.69. The maximum atomic E-state index is 6.62. The first-order valence-electron chi connectivity index (χ1n) is 22.2. The van der Waals surface area contributed by atoms with Crippen molar-refractivity contribution in [2.45, 2.75) is 0 Å². The van der Waals surface area contributed by atoms with Gasteiger partial charge in [-0.1, -0.05) is 188 Å². The molecular formula is C62H40N2O. The summed E-state index contributed by atoms with van der Waals surface area (Å²) < 4.78 is 9.03. The van der Waals surface area contributed by atoms with Gasteiger partial charge < -0.3 is 13.9 Å². The smallest absolute Gasteiger partial charge is 0.143 e. The number of hydrogen-bond acceptors (Lipinski definition) is 2. The fourth-order valence-electron chi connectivity index (χ4n) is 10.2. The Morgan fingerprint density at radius 1 is 0.323 bits per heavy atom. The zero-order valence-corrected chi connectivity index (χ0v) is 35.4. The van der Waals surface area contributed by atoms with E-state index in [1.807, 2.05) is 6.07 Å². The number of fused-ring (bicyclic) bond motifs is 9. The molecule has 0 spiro atoms. The first kappa shape index (κ1) is 36.9. The molecule has 2 heterocycles. The molecule has 304 valence electrons. The lowest BCUT2D eigenvalue weighted by atomic mass is 9.97. The van der Waals surface area contributed by atoms with Crippen LogP contribution in [0.3, 0.4) is 0 Å². The summed E-state index contributed by atoms with van der Waals surface area (Å²) in [4.78, 5) is 2.39. The fraction of sp³-hybridized carbons (Fsp3) is 0. The lowest BCUT2D eigenvalue weighted by Crippen LogP contribution is -2.11. The van der Waals surface area contributed by atoms with Crippen LogP contribution in [0.2, 0.25) is 0 Å². The number of benzene rings is 11. The lowest BCUT2D eigenvalue weighted by molar-refractivity contribution is 0.670. The van der Waals surface area contributed by atoms with Gasteiger partial charge in [0.1, 0.15) is 11.2 Å². The number of furan rings is 1. The Balaban J connectivity index is 0.910. The van der Waals surface area contributed by atoms with Crippen molar-refractivity contribution < 1.29 is 4.42 Å². The summed E-state index contributed by atoms with van der Waals surface area (Å²) in [5.74, 6) is 0. The van der Waals surface area contributed by atoms with Gasteiger partial charge in [-0.25, -0.2) is 0 Å². The highest BCUT2D eigenvalue weighted by Crippen LogP contribution is 2.46. The summed E-state index contributed by atoms with van der Waals surface area (Å²) in [6.45, 7) is 0. The molecule has 0 radical (unpaired) electrons. The van der Waals surface area contributed by atoms with Crippen LogP contribution >= 0.6 is 0 Å². The Hall–Kier alpha value is -8.66. The highest BCUT2D eigenvalue weighted by molar-refractivity contribution is 6.12. The number of nitrogens with zero attached hydrogens (tertiary/aromatic N) is 2. The molecule has 3 nitrogen and oxygen atoms in total. The first-order valence-corrected chi connectivity index (χ1v) is 22.2. The van der Waals surface area contributed by atoms with Crippen molar-refractivity contribution in [2.24, 2.45) is 0 Å². The predicted molar refractivity (Wildman–Crippen MR) is 274 cm³/mol. The molecule has 0 unspecified atom stereocenters. The average molecular weight is 829 g/mol. The minimum absolute atomic E-state index is 0.891. The van der Waals surface area contributed by atoms with Gasteiger partial charge in [0, 0.05) is 49.6 Å². The number of anilines is 3. The second-order valence-electron chi connectivity index (χ2n) is 16.8. The van der Waals surface area contributed by atoms with Crippen molar-refractivity contribution in [1.82, 2.24) is 4.57 Å². The molecule has 11 aromatic carbocycles. The van der Waals surface area contributed by atoms with Gasteiger partial charge in [-0.3, -0.25) is 0 Å². The second-order valence-corrected chi connectivity index (χ2v) is 16.8. The topological polar surface area (TPSA) is 21.3 Å². The van der Waals surface area contributed by atoms with Crippen LogP contribution in [-0.4, -0.2) is 4.57 Å². The molecule has 0 bridgehead atoms. The number of aromatic nitrogens is 1. The van der Waals surface area contributed by atoms with Gasteiger partial charge in [-0.2, -0.15) is 0 Å². The van der Waals surface area contributed by atoms with Gasteiger partial charge in [0.15, 0.2) is 0 Å². The fourth-order valence-corrected chi connectivity index (χ4v) is 10.2. The number of hydrogen-bond donors (Lipinski definition) is 0. The van der Waals surface area contributed by atoms with Crippen LogP contribution < -0.4 is 4.90 Å². The maximum Gasteiger partial charge on any atom is 0.143 e. The van der Waals surface area contributed by atoms with Crippen LogP contribution in [0, 0.1) is 0 Å². The summed E-state index contributed by atoms with van der Waals surface area (Å²) in [6, 6.07) is 87.6. The maximum absolute atomic E-state index is 6.62. The van der Waals surface area contributed by atoms with Crippen LogP contribution in [0.5, 0.6) is 0 Å². The summed E-state index contributed by atoms with van der Waals surface area (Å²) in [5.41, 5.74) is 15.4. The normalized spacial score (nSPS) is 11.7. The first-order chi connectivity index (χ1) is 32.2. The molecule has 0 aliphatic carbocycles. The van der Waals surface area contributed by atoms with Crippen LogP contribution in [-0.2, 0) is 0 Å². The third kappa shape index (κ3) is 6.05. The average Bonchev–Trinajstić information content (AvgIpc) is 3.93. The van der Waals surface area contributed by atoms with Crippen molar-refractivity contribution in [3.05, 3.63) is 243 Å². The highest BCUT2D eigenvalue weighted by Gasteiger charge is 2.21. The van der Waals surface area contributed by atoms with Crippen LogP contribution in [0.25, 0.3) is 104 Å². The van der Waals surface area contributed by atoms with Gasteiger partial charge in [0.05, 0.1) is 22.4 Å². The van der Waals surface area contributed by atoms with Gasteiger partial charge in [0.25, 0.3) is 0 Å². The Morgan fingerprint density at radius 2 is 0.862 bits per heavy atom. The van der Waals surface area contributed by atoms with E-state index in [0.29, 0.717) is 0 Å². The largest absolute Gasteiger partial charge is 0.455 e. The molecule has 13 rings (SSSR count). The van der Waals surface area contributed by atoms with Gasteiger partial charge >= 0.3 is 0 Å². The molecule has 0 aliphatic rings. The van der Waals surface area contributed by atoms with Crippen molar-refractivity contribution in [2.75, 3.05) is 4.90 Å². The molecule has 65 heavy (non-hydrogen) atoms. The standard InChI is InChI=1S/C62H40N2O/c1-2-15-48-43(14-1)32-33-45-40-47(38-39-49(45)48)63(58-24-9-6-19-53(58)55-21-13-22-56-54-20-7-12-27-61(54)65-62(55)56)46-36-34-42(35-37-46)41-28-30-44(31-29-41)50-16-3-8-23-57(50)64-59-25-10-4-17-51(59)52-18-5-11-26-60(52)64/h1-40H. The Morgan fingerprint density at radius 3 is 1.65 bits per heavy atom. The van der Waals surface area contributed by atoms with Gasteiger partial charge in [-0.05, 0) is 92.8 Å². The molecule has 13 aromatic rings. The molecule has 0 amide bonds. The van der Waals surface area contributed by atoms with E-state index in [-0.39, 0.29) is 0 Å². The minimum atomic E-state index is 0.891. The van der Waals surface area contributed by atoms with E-state index >= 15 is 0 Å².